The zero-order chi connectivity index (χ0) is 15.3. The van der Waals surface area contributed by atoms with Gasteiger partial charge in [-0.2, -0.15) is 0 Å². The first kappa shape index (κ1) is 16.1. The van der Waals surface area contributed by atoms with Gasteiger partial charge in [-0.15, -0.1) is 0 Å². The van der Waals surface area contributed by atoms with Crippen molar-refractivity contribution >= 4 is 21.9 Å². The Kier molecular flexibility index (Phi) is 5.23. The molecule has 0 aliphatic heterocycles. The average molecular weight is 299 g/mol. The zero-order valence-corrected chi connectivity index (χ0v) is 11.6. The molecule has 110 valence electrons. The molecule has 20 heavy (non-hydrogen) atoms. The van der Waals surface area contributed by atoms with E-state index in [1.165, 1.54) is 12.1 Å². The number of aryl methyl sites for hydroxylation is 1. The number of sulfonamides is 1. The van der Waals surface area contributed by atoms with Gasteiger partial charge < -0.3 is 15.6 Å². The molecule has 7 nitrogen and oxygen atoms in total. The Balaban J connectivity index is 2.88. The van der Waals surface area contributed by atoms with Crippen LogP contribution in [0.5, 0.6) is 0 Å². The summed E-state index contributed by atoms with van der Waals surface area (Å²) in [5, 5.41) is 10.9. The highest BCUT2D eigenvalue weighted by Gasteiger charge is 2.21. The maximum absolute atomic E-state index is 12.0. The number of carbonyl (C=O) groups excluding carboxylic acids is 2. The smallest absolute Gasteiger partial charge is 0.241 e. The monoisotopic (exact) mass is 299 g/mol. The van der Waals surface area contributed by atoms with Crippen molar-refractivity contribution in [1.29, 1.82) is 0 Å². The number of hydrogen-bond donors (Lipinski definition) is 2. The number of benzene rings is 1. The van der Waals surface area contributed by atoms with Crippen molar-refractivity contribution in [2.75, 3.05) is 0 Å². The van der Waals surface area contributed by atoms with Crippen LogP contribution < -0.4 is 15.6 Å². The zero-order valence-electron chi connectivity index (χ0n) is 10.8. The Morgan fingerprint density at radius 2 is 1.85 bits per heavy atom. The van der Waals surface area contributed by atoms with E-state index in [0.717, 1.165) is 5.56 Å². The van der Waals surface area contributed by atoms with Crippen molar-refractivity contribution in [3.05, 3.63) is 29.8 Å². The number of carboxylic acids is 1. The summed E-state index contributed by atoms with van der Waals surface area (Å²) < 4.78 is 26.0. The van der Waals surface area contributed by atoms with Crippen LogP contribution in [0.4, 0.5) is 0 Å². The maximum Gasteiger partial charge on any atom is 0.241 e. The minimum atomic E-state index is -3.99. The predicted molar refractivity (Wildman–Crippen MR) is 68.7 cm³/mol. The number of carbonyl (C=O) groups is 2. The van der Waals surface area contributed by atoms with Gasteiger partial charge in [0.2, 0.25) is 15.9 Å². The van der Waals surface area contributed by atoms with Crippen LogP contribution in [0.15, 0.2) is 29.2 Å². The molecule has 0 aliphatic rings. The number of nitrogens with one attached hydrogen (secondary N) is 1. The number of nitrogens with two attached hydrogens (primary N) is 1. The first-order chi connectivity index (χ1) is 9.22. The van der Waals surface area contributed by atoms with Crippen LogP contribution in [0.2, 0.25) is 0 Å². The Labute approximate surface area is 116 Å². The van der Waals surface area contributed by atoms with Gasteiger partial charge in [-0.3, -0.25) is 4.79 Å². The molecule has 1 unspecified atom stereocenters. The third kappa shape index (κ3) is 4.63. The average Bonchev–Trinajstić information content (AvgIpc) is 2.34. The van der Waals surface area contributed by atoms with Gasteiger partial charge >= 0.3 is 0 Å². The summed E-state index contributed by atoms with van der Waals surface area (Å²) in [6.07, 6.45) is -0.516. The largest absolute Gasteiger partial charge is 0.548 e. The minimum Gasteiger partial charge on any atom is -0.548 e. The van der Waals surface area contributed by atoms with Crippen molar-refractivity contribution in [1.82, 2.24) is 4.72 Å². The molecule has 0 saturated heterocycles. The van der Waals surface area contributed by atoms with Crippen LogP contribution in [-0.2, 0) is 19.6 Å². The lowest BCUT2D eigenvalue weighted by Crippen LogP contribution is -2.48. The fourth-order valence-electron chi connectivity index (χ4n) is 1.48. The minimum absolute atomic E-state index is 0.0616. The molecule has 8 heteroatoms. The van der Waals surface area contributed by atoms with Gasteiger partial charge in [-0.25, -0.2) is 13.1 Å². The van der Waals surface area contributed by atoms with Crippen molar-refractivity contribution in [2.45, 2.75) is 30.7 Å². The SMILES string of the molecule is Cc1ccc(S(=O)(=O)NC(CCC(N)=O)C(=O)[O-])cc1. The third-order valence-electron chi connectivity index (χ3n) is 2.59. The van der Waals surface area contributed by atoms with Gasteiger partial charge in [-0.1, -0.05) is 17.7 Å². The second-order valence-corrected chi connectivity index (χ2v) is 6.02. The first-order valence-corrected chi connectivity index (χ1v) is 7.29. The van der Waals surface area contributed by atoms with E-state index in [1.54, 1.807) is 19.1 Å². The molecule has 1 atom stereocenters. The highest BCUT2D eigenvalue weighted by Crippen LogP contribution is 2.11. The number of hydrogen-bond acceptors (Lipinski definition) is 5. The molecule has 1 aromatic carbocycles. The molecule has 0 radical (unpaired) electrons. The normalized spacial score (nSPS) is 12.8. The Hall–Kier alpha value is -1.93. The van der Waals surface area contributed by atoms with E-state index in [2.05, 4.69) is 0 Å². The first-order valence-electron chi connectivity index (χ1n) is 5.80. The van der Waals surface area contributed by atoms with Gasteiger partial charge in [0.05, 0.1) is 16.9 Å². The van der Waals surface area contributed by atoms with E-state index >= 15 is 0 Å². The molecule has 0 bridgehead atoms. The summed E-state index contributed by atoms with van der Waals surface area (Å²) >= 11 is 0. The van der Waals surface area contributed by atoms with Gasteiger partial charge in [0.25, 0.3) is 0 Å². The van der Waals surface area contributed by atoms with Crippen LogP contribution in [0.1, 0.15) is 18.4 Å². The third-order valence-corrected chi connectivity index (χ3v) is 4.08. The summed E-state index contributed by atoms with van der Waals surface area (Å²) in [6, 6.07) is 4.39. The molecule has 1 amide bonds. The van der Waals surface area contributed by atoms with E-state index in [1.807, 2.05) is 4.72 Å². The van der Waals surface area contributed by atoms with Gasteiger partial charge in [0.1, 0.15) is 0 Å². The van der Waals surface area contributed by atoms with Crippen LogP contribution >= 0.6 is 0 Å². The van der Waals surface area contributed by atoms with E-state index < -0.39 is 27.9 Å². The number of primary amides is 1. The Morgan fingerprint density at radius 1 is 1.30 bits per heavy atom. The van der Waals surface area contributed by atoms with E-state index in [0.29, 0.717) is 0 Å². The quantitative estimate of drug-likeness (QED) is 0.643. The number of amides is 1. The van der Waals surface area contributed by atoms with Gasteiger partial charge in [-0.05, 0) is 25.5 Å². The summed E-state index contributed by atoms with van der Waals surface area (Å²) in [5.74, 6) is -2.33. The summed E-state index contributed by atoms with van der Waals surface area (Å²) in [5.41, 5.74) is 5.77. The topological polar surface area (TPSA) is 129 Å². The molecule has 0 saturated carbocycles. The highest BCUT2D eigenvalue weighted by atomic mass is 32.2. The lowest BCUT2D eigenvalue weighted by atomic mass is 10.2. The maximum atomic E-state index is 12.0. The fourth-order valence-corrected chi connectivity index (χ4v) is 2.70. The molecule has 0 spiro atoms. The molecule has 1 aromatic rings. The fraction of sp³-hybridized carbons (Fsp3) is 0.333. The molecular weight excluding hydrogens is 284 g/mol. The van der Waals surface area contributed by atoms with E-state index in [4.69, 9.17) is 5.73 Å². The second kappa shape index (κ2) is 6.49. The highest BCUT2D eigenvalue weighted by molar-refractivity contribution is 7.89. The second-order valence-electron chi connectivity index (χ2n) is 4.31. The lowest BCUT2D eigenvalue weighted by molar-refractivity contribution is -0.308. The van der Waals surface area contributed by atoms with Crippen LogP contribution in [-0.4, -0.2) is 26.3 Å². The molecule has 1 rings (SSSR count). The van der Waals surface area contributed by atoms with Crippen LogP contribution in [0.3, 0.4) is 0 Å². The van der Waals surface area contributed by atoms with Gasteiger partial charge in [0, 0.05) is 6.42 Å². The van der Waals surface area contributed by atoms with E-state index in [9.17, 15) is 23.1 Å². The summed E-state index contributed by atoms with van der Waals surface area (Å²) in [4.78, 5) is 21.5. The predicted octanol–water partition coefficient (Wildman–Crippen LogP) is -1.34. The Morgan fingerprint density at radius 3 is 2.30 bits per heavy atom. The lowest BCUT2D eigenvalue weighted by Gasteiger charge is -2.19. The molecule has 0 aliphatic carbocycles. The molecular formula is C12H15N2O5S-. The van der Waals surface area contributed by atoms with Crippen molar-refractivity contribution < 1.29 is 23.1 Å². The van der Waals surface area contributed by atoms with Crippen LogP contribution in [0.25, 0.3) is 0 Å². The van der Waals surface area contributed by atoms with Crippen molar-refractivity contribution in [3.8, 4) is 0 Å². The molecule has 0 aromatic heterocycles. The summed E-state index contributed by atoms with van der Waals surface area (Å²) in [6.45, 7) is 1.79. The summed E-state index contributed by atoms with van der Waals surface area (Å²) in [7, 11) is -3.99. The van der Waals surface area contributed by atoms with Crippen molar-refractivity contribution in [2.24, 2.45) is 5.73 Å². The molecule has 0 fully saturated rings. The molecule has 0 heterocycles. The van der Waals surface area contributed by atoms with Crippen molar-refractivity contribution in [3.63, 3.8) is 0 Å². The van der Waals surface area contributed by atoms with E-state index in [-0.39, 0.29) is 17.7 Å². The number of rotatable bonds is 7. The van der Waals surface area contributed by atoms with Crippen LogP contribution in [0, 0.1) is 6.92 Å². The standard InChI is InChI=1S/C12H16N2O5S/c1-8-2-4-9(5-3-8)20(18,19)14-10(12(16)17)6-7-11(13)15/h2-5,10,14H,6-7H2,1H3,(H2,13,15)(H,16,17)/p-1. The number of carboxylic acid groups (broad SMARTS) is 1. The van der Waals surface area contributed by atoms with Gasteiger partial charge in [0.15, 0.2) is 0 Å². The Bertz CT molecular complexity index is 595. The molecule has 3 N–H and O–H groups in total. The number of aliphatic carboxylic acids is 1.